The van der Waals surface area contributed by atoms with Gasteiger partial charge in [-0.3, -0.25) is 4.79 Å². The molecule has 0 atom stereocenters. The summed E-state index contributed by atoms with van der Waals surface area (Å²) in [5.41, 5.74) is 0.752. The highest BCUT2D eigenvalue weighted by Gasteiger charge is 2.05. The molecule has 0 aliphatic rings. The van der Waals surface area contributed by atoms with Crippen LogP contribution < -0.4 is 5.32 Å². The van der Waals surface area contributed by atoms with E-state index in [4.69, 9.17) is 9.84 Å². The zero-order valence-corrected chi connectivity index (χ0v) is 12.1. The minimum atomic E-state index is -0.342. The summed E-state index contributed by atoms with van der Waals surface area (Å²) in [7, 11) is 0. The van der Waals surface area contributed by atoms with Crippen LogP contribution in [-0.4, -0.2) is 37.4 Å². The molecule has 0 heterocycles. The first-order chi connectivity index (χ1) is 9.13. The van der Waals surface area contributed by atoms with Gasteiger partial charge in [-0.1, -0.05) is 6.07 Å². The van der Waals surface area contributed by atoms with Gasteiger partial charge < -0.3 is 15.2 Å². The number of hydrogen-bond donors (Lipinski definition) is 2. The lowest BCUT2D eigenvalue weighted by atomic mass is 10.1. The van der Waals surface area contributed by atoms with Crippen molar-refractivity contribution in [3.8, 4) is 0 Å². The summed E-state index contributed by atoms with van der Waals surface area (Å²) in [5, 5.41) is 11.2. The number of carbonyl (C=O) groups excluding carboxylic acids is 1. The molecular formula is C13H17BrFNO3. The summed E-state index contributed by atoms with van der Waals surface area (Å²) >= 11 is 3.08. The van der Waals surface area contributed by atoms with Crippen LogP contribution in [0.25, 0.3) is 0 Å². The Kier molecular flexibility index (Phi) is 7.62. The molecule has 6 heteroatoms. The molecule has 0 aliphatic heterocycles. The second-order valence-corrected chi connectivity index (χ2v) is 4.82. The number of hydrogen-bond acceptors (Lipinski definition) is 3. The molecule has 0 saturated carbocycles. The van der Waals surface area contributed by atoms with Crippen molar-refractivity contribution in [1.29, 1.82) is 0 Å². The Balaban J connectivity index is 2.21. The zero-order chi connectivity index (χ0) is 14.1. The van der Waals surface area contributed by atoms with E-state index >= 15 is 0 Å². The van der Waals surface area contributed by atoms with Crippen LogP contribution in [0.4, 0.5) is 4.39 Å². The molecule has 1 aromatic rings. The predicted octanol–water partition coefficient (Wildman–Crippen LogP) is 1.65. The summed E-state index contributed by atoms with van der Waals surface area (Å²) in [6, 6.07) is 4.51. The topological polar surface area (TPSA) is 58.6 Å². The average molecular weight is 334 g/mol. The highest BCUT2D eigenvalue weighted by molar-refractivity contribution is 9.10. The quantitative estimate of drug-likeness (QED) is 0.711. The van der Waals surface area contributed by atoms with Crippen molar-refractivity contribution in [2.45, 2.75) is 12.8 Å². The van der Waals surface area contributed by atoms with Gasteiger partial charge >= 0.3 is 0 Å². The second-order valence-electron chi connectivity index (χ2n) is 3.96. The number of ether oxygens (including phenoxy) is 1. The Morgan fingerprint density at radius 3 is 2.89 bits per heavy atom. The van der Waals surface area contributed by atoms with Crippen molar-refractivity contribution in [3.05, 3.63) is 34.1 Å². The fraction of sp³-hybridized carbons (Fsp3) is 0.462. The smallest absolute Gasteiger partial charge is 0.224 e. The second kappa shape index (κ2) is 9.01. The van der Waals surface area contributed by atoms with Crippen molar-refractivity contribution in [3.63, 3.8) is 0 Å². The molecule has 0 unspecified atom stereocenters. The molecule has 106 valence electrons. The number of carbonyl (C=O) groups is 1. The number of benzene rings is 1. The summed E-state index contributed by atoms with van der Waals surface area (Å²) in [6.45, 7) is 1.35. The molecule has 19 heavy (non-hydrogen) atoms. The van der Waals surface area contributed by atoms with Crippen LogP contribution in [0, 0.1) is 5.82 Å². The van der Waals surface area contributed by atoms with E-state index in [0.29, 0.717) is 30.7 Å². The van der Waals surface area contributed by atoms with Gasteiger partial charge in [0.2, 0.25) is 5.91 Å². The van der Waals surface area contributed by atoms with Crippen LogP contribution in [0.1, 0.15) is 12.0 Å². The summed E-state index contributed by atoms with van der Waals surface area (Å²) in [6.07, 6.45) is 0.912. The maximum atomic E-state index is 13.0. The van der Waals surface area contributed by atoms with Crippen LogP contribution in [-0.2, 0) is 16.0 Å². The van der Waals surface area contributed by atoms with E-state index < -0.39 is 0 Å². The van der Waals surface area contributed by atoms with Crippen LogP contribution in [0.3, 0.4) is 0 Å². The maximum Gasteiger partial charge on any atom is 0.224 e. The van der Waals surface area contributed by atoms with Gasteiger partial charge in [-0.2, -0.15) is 0 Å². The first kappa shape index (κ1) is 16.1. The van der Waals surface area contributed by atoms with Gasteiger partial charge in [0.25, 0.3) is 0 Å². The van der Waals surface area contributed by atoms with Crippen LogP contribution >= 0.6 is 15.9 Å². The van der Waals surface area contributed by atoms with Crippen LogP contribution in [0.5, 0.6) is 0 Å². The molecular weight excluding hydrogens is 317 g/mol. The van der Waals surface area contributed by atoms with Crippen LogP contribution in [0.15, 0.2) is 22.7 Å². The first-order valence-corrected chi connectivity index (χ1v) is 6.82. The molecule has 0 fully saturated rings. The molecule has 0 aliphatic carbocycles. The lowest BCUT2D eigenvalue weighted by Crippen LogP contribution is -2.26. The SMILES string of the molecule is O=C(Cc1ccc(F)c(Br)c1)NCCCOCCO. The van der Waals surface area contributed by atoms with E-state index in [0.717, 1.165) is 5.56 Å². The van der Waals surface area contributed by atoms with Crippen molar-refractivity contribution in [2.75, 3.05) is 26.4 Å². The average Bonchev–Trinajstić information content (AvgIpc) is 2.38. The van der Waals surface area contributed by atoms with E-state index in [-0.39, 0.29) is 24.8 Å². The number of halogens is 2. The van der Waals surface area contributed by atoms with E-state index in [2.05, 4.69) is 21.2 Å². The fourth-order valence-corrected chi connectivity index (χ4v) is 1.89. The number of aliphatic hydroxyl groups is 1. The molecule has 0 aromatic heterocycles. The largest absolute Gasteiger partial charge is 0.394 e. The number of aliphatic hydroxyl groups excluding tert-OH is 1. The maximum absolute atomic E-state index is 13.0. The number of rotatable bonds is 8. The molecule has 0 saturated heterocycles. The predicted molar refractivity (Wildman–Crippen MR) is 73.3 cm³/mol. The molecule has 0 bridgehead atoms. The van der Waals surface area contributed by atoms with Gasteiger partial charge in [0, 0.05) is 13.2 Å². The highest BCUT2D eigenvalue weighted by atomic mass is 79.9. The van der Waals surface area contributed by atoms with E-state index in [1.807, 2.05) is 0 Å². The minimum absolute atomic E-state index is 0.00576. The molecule has 1 amide bonds. The third-order valence-electron chi connectivity index (χ3n) is 2.37. The zero-order valence-electron chi connectivity index (χ0n) is 10.5. The van der Waals surface area contributed by atoms with Gasteiger partial charge in [-0.05, 0) is 40.0 Å². The van der Waals surface area contributed by atoms with Gasteiger partial charge in [0.15, 0.2) is 0 Å². The van der Waals surface area contributed by atoms with E-state index in [1.54, 1.807) is 12.1 Å². The lowest BCUT2D eigenvalue weighted by Gasteiger charge is -2.06. The minimum Gasteiger partial charge on any atom is -0.394 e. The number of nitrogens with one attached hydrogen (secondary N) is 1. The Morgan fingerprint density at radius 2 is 2.21 bits per heavy atom. The van der Waals surface area contributed by atoms with E-state index in [9.17, 15) is 9.18 Å². The van der Waals surface area contributed by atoms with Crippen molar-refractivity contribution in [1.82, 2.24) is 5.32 Å². The Labute approximate surface area is 120 Å². The molecule has 4 nitrogen and oxygen atoms in total. The molecule has 0 radical (unpaired) electrons. The molecule has 0 spiro atoms. The first-order valence-electron chi connectivity index (χ1n) is 6.02. The lowest BCUT2D eigenvalue weighted by molar-refractivity contribution is -0.120. The van der Waals surface area contributed by atoms with Crippen LogP contribution in [0.2, 0.25) is 0 Å². The third kappa shape index (κ3) is 6.66. The molecule has 1 rings (SSSR count). The Morgan fingerprint density at radius 1 is 1.42 bits per heavy atom. The van der Waals surface area contributed by atoms with Crippen molar-refractivity contribution >= 4 is 21.8 Å². The summed E-state index contributed by atoms with van der Waals surface area (Å²) in [5.74, 6) is -0.453. The summed E-state index contributed by atoms with van der Waals surface area (Å²) < 4.78 is 18.4. The molecule has 2 N–H and O–H groups in total. The van der Waals surface area contributed by atoms with Gasteiger partial charge in [-0.25, -0.2) is 4.39 Å². The monoisotopic (exact) mass is 333 g/mol. The van der Waals surface area contributed by atoms with Gasteiger partial charge in [0.05, 0.1) is 24.1 Å². The van der Waals surface area contributed by atoms with Gasteiger partial charge in [-0.15, -0.1) is 0 Å². The van der Waals surface area contributed by atoms with Crippen molar-refractivity contribution in [2.24, 2.45) is 0 Å². The Bertz CT molecular complexity index is 415. The summed E-state index contributed by atoms with van der Waals surface area (Å²) in [4.78, 5) is 11.6. The van der Waals surface area contributed by atoms with Gasteiger partial charge in [0.1, 0.15) is 5.82 Å². The molecule has 1 aromatic carbocycles. The van der Waals surface area contributed by atoms with Crippen molar-refractivity contribution < 1.29 is 19.0 Å². The number of amides is 1. The highest BCUT2D eigenvalue weighted by Crippen LogP contribution is 2.17. The third-order valence-corrected chi connectivity index (χ3v) is 2.98. The normalized spacial score (nSPS) is 10.5. The fourth-order valence-electron chi connectivity index (χ4n) is 1.47. The van der Waals surface area contributed by atoms with E-state index in [1.165, 1.54) is 6.07 Å². The standard InChI is InChI=1S/C13H17BrFNO3/c14-11-8-10(2-3-12(11)15)9-13(18)16-4-1-6-19-7-5-17/h2-3,8,17H,1,4-7,9H2,(H,16,18). The Hall–Kier alpha value is -0.980.